The second-order valence-corrected chi connectivity index (χ2v) is 4.13. The number of nitrogens with one attached hydrogen (secondary N) is 1. The van der Waals surface area contributed by atoms with E-state index in [0.29, 0.717) is 25.3 Å². The van der Waals surface area contributed by atoms with E-state index in [0.717, 1.165) is 5.56 Å². The van der Waals surface area contributed by atoms with E-state index in [2.05, 4.69) is 10.5 Å². The average molecular weight is 266 g/mol. The fourth-order valence-corrected chi connectivity index (χ4v) is 1.72. The Hall–Kier alpha value is -1.95. The first-order chi connectivity index (χ1) is 9.20. The van der Waals surface area contributed by atoms with Gasteiger partial charge in [0, 0.05) is 20.1 Å². The molecule has 1 amide bonds. The van der Waals surface area contributed by atoms with Crippen LogP contribution in [0.15, 0.2) is 29.4 Å². The van der Waals surface area contributed by atoms with Crippen LogP contribution in [0.2, 0.25) is 0 Å². The van der Waals surface area contributed by atoms with E-state index < -0.39 is 6.10 Å². The van der Waals surface area contributed by atoms with Crippen molar-refractivity contribution in [1.29, 1.82) is 0 Å². The van der Waals surface area contributed by atoms with Gasteiger partial charge in [-0.3, -0.25) is 4.79 Å². The highest BCUT2D eigenvalue weighted by Crippen LogP contribution is 2.17. The lowest BCUT2D eigenvalue weighted by atomic mass is 10.0. The lowest BCUT2D eigenvalue weighted by molar-refractivity contribution is -0.131. The Morgan fingerprint density at radius 1 is 1.53 bits per heavy atom. The number of methoxy groups -OCH3 is 1. The predicted molar refractivity (Wildman–Crippen MR) is 67.3 cm³/mol. The van der Waals surface area contributed by atoms with Gasteiger partial charge in [0.1, 0.15) is 5.82 Å². The Labute approximate surface area is 110 Å². The highest BCUT2D eigenvalue weighted by molar-refractivity contribution is 6.04. The monoisotopic (exact) mass is 266 g/mol. The molecule has 1 aliphatic heterocycles. The van der Waals surface area contributed by atoms with Crippen molar-refractivity contribution in [1.82, 2.24) is 5.32 Å². The summed E-state index contributed by atoms with van der Waals surface area (Å²) >= 11 is 0. The zero-order valence-corrected chi connectivity index (χ0v) is 10.6. The smallest absolute Gasteiger partial charge is 0.264 e. The zero-order chi connectivity index (χ0) is 13.7. The van der Waals surface area contributed by atoms with E-state index in [1.54, 1.807) is 19.2 Å². The highest BCUT2D eigenvalue weighted by atomic mass is 19.1. The van der Waals surface area contributed by atoms with Gasteiger partial charge in [-0.15, -0.1) is 0 Å². The van der Waals surface area contributed by atoms with Crippen molar-refractivity contribution < 1.29 is 18.8 Å². The summed E-state index contributed by atoms with van der Waals surface area (Å²) in [4.78, 5) is 16.8. The van der Waals surface area contributed by atoms with E-state index in [4.69, 9.17) is 9.57 Å². The molecule has 0 fully saturated rings. The van der Waals surface area contributed by atoms with Gasteiger partial charge in [-0.05, 0) is 17.7 Å². The van der Waals surface area contributed by atoms with Gasteiger partial charge < -0.3 is 14.9 Å². The number of halogens is 1. The molecule has 2 rings (SSSR count). The number of hydrogen-bond acceptors (Lipinski definition) is 4. The Morgan fingerprint density at radius 2 is 2.26 bits per heavy atom. The molecule has 0 bridgehead atoms. The Morgan fingerprint density at radius 3 is 2.95 bits per heavy atom. The summed E-state index contributed by atoms with van der Waals surface area (Å²) in [5.41, 5.74) is 1.40. The maximum Gasteiger partial charge on any atom is 0.264 e. The van der Waals surface area contributed by atoms with Crippen LogP contribution in [-0.2, 0) is 14.4 Å². The third kappa shape index (κ3) is 3.51. The van der Waals surface area contributed by atoms with Crippen LogP contribution in [0, 0.1) is 5.82 Å². The SMILES string of the molecule is COCCNC(=O)[C@H]1CC(c2ccc(F)cc2)=NO1. The molecule has 1 aromatic rings. The third-order valence-electron chi connectivity index (χ3n) is 2.74. The van der Waals surface area contributed by atoms with Crippen LogP contribution >= 0.6 is 0 Å². The van der Waals surface area contributed by atoms with Crippen LogP contribution in [0.3, 0.4) is 0 Å². The van der Waals surface area contributed by atoms with E-state index >= 15 is 0 Å². The van der Waals surface area contributed by atoms with Gasteiger partial charge in [-0.25, -0.2) is 4.39 Å². The Kier molecular flexibility index (Phi) is 4.46. The first-order valence-electron chi connectivity index (χ1n) is 5.96. The molecule has 0 aliphatic carbocycles. The van der Waals surface area contributed by atoms with Crippen molar-refractivity contribution in [2.45, 2.75) is 12.5 Å². The van der Waals surface area contributed by atoms with E-state index in [1.807, 2.05) is 0 Å². The number of nitrogens with zero attached hydrogens (tertiary/aromatic N) is 1. The summed E-state index contributed by atoms with van der Waals surface area (Å²) in [6.45, 7) is 0.880. The van der Waals surface area contributed by atoms with Crippen molar-refractivity contribution in [3.05, 3.63) is 35.6 Å². The maximum absolute atomic E-state index is 12.8. The third-order valence-corrected chi connectivity index (χ3v) is 2.74. The average Bonchev–Trinajstić information content (AvgIpc) is 2.89. The first kappa shape index (κ1) is 13.5. The Balaban J connectivity index is 1.88. The molecule has 1 aromatic carbocycles. The van der Waals surface area contributed by atoms with Gasteiger partial charge in [0.2, 0.25) is 6.10 Å². The van der Waals surface area contributed by atoms with Crippen molar-refractivity contribution in [2.24, 2.45) is 5.16 Å². The van der Waals surface area contributed by atoms with Crippen molar-refractivity contribution in [2.75, 3.05) is 20.3 Å². The minimum Gasteiger partial charge on any atom is -0.383 e. The van der Waals surface area contributed by atoms with Gasteiger partial charge in [0.25, 0.3) is 5.91 Å². The summed E-state index contributed by atoms with van der Waals surface area (Å²) in [7, 11) is 1.56. The molecule has 0 radical (unpaired) electrons. The number of amides is 1. The number of oxime groups is 1. The quantitative estimate of drug-likeness (QED) is 0.811. The summed E-state index contributed by atoms with van der Waals surface area (Å²) in [5.74, 6) is -0.532. The number of ether oxygens (including phenoxy) is 1. The van der Waals surface area contributed by atoms with Gasteiger partial charge in [0.15, 0.2) is 0 Å². The summed E-state index contributed by atoms with van der Waals surface area (Å²) in [6.07, 6.45) is -0.248. The van der Waals surface area contributed by atoms with Crippen LogP contribution < -0.4 is 5.32 Å². The molecule has 1 N–H and O–H groups in total. The van der Waals surface area contributed by atoms with E-state index in [9.17, 15) is 9.18 Å². The molecule has 0 aromatic heterocycles. The molecular weight excluding hydrogens is 251 g/mol. The van der Waals surface area contributed by atoms with Gasteiger partial charge in [0.05, 0.1) is 12.3 Å². The van der Waals surface area contributed by atoms with Gasteiger partial charge in [-0.1, -0.05) is 17.3 Å². The van der Waals surface area contributed by atoms with Crippen LogP contribution in [0.25, 0.3) is 0 Å². The van der Waals surface area contributed by atoms with Crippen LogP contribution in [0.4, 0.5) is 4.39 Å². The first-order valence-corrected chi connectivity index (χ1v) is 5.96. The molecule has 6 heteroatoms. The molecule has 1 atom stereocenters. The van der Waals surface area contributed by atoms with E-state index in [-0.39, 0.29) is 11.7 Å². The van der Waals surface area contributed by atoms with Crippen LogP contribution in [0.5, 0.6) is 0 Å². The predicted octanol–water partition coefficient (Wildman–Crippen LogP) is 1.08. The standard InChI is InChI=1S/C13H15FN2O3/c1-18-7-6-15-13(17)12-8-11(16-19-12)9-2-4-10(14)5-3-9/h2-5,12H,6-8H2,1H3,(H,15,17)/t12-/m1/s1. The van der Waals surface area contributed by atoms with E-state index in [1.165, 1.54) is 12.1 Å². The highest BCUT2D eigenvalue weighted by Gasteiger charge is 2.28. The summed E-state index contributed by atoms with van der Waals surface area (Å²) < 4.78 is 17.6. The zero-order valence-electron chi connectivity index (χ0n) is 10.6. The topological polar surface area (TPSA) is 59.9 Å². The number of hydrogen-bond donors (Lipinski definition) is 1. The molecule has 0 unspecified atom stereocenters. The number of carbonyl (C=O) groups excluding carboxylic acids is 1. The summed E-state index contributed by atoms with van der Waals surface area (Å²) in [5, 5.41) is 6.55. The molecular formula is C13H15FN2O3. The molecule has 1 aliphatic rings. The van der Waals surface area contributed by atoms with Gasteiger partial charge >= 0.3 is 0 Å². The van der Waals surface area contributed by atoms with Crippen LogP contribution in [-0.4, -0.2) is 38.0 Å². The molecule has 1 heterocycles. The second kappa shape index (κ2) is 6.29. The fraction of sp³-hybridized carbons (Fsp3) is 0.385. The minimum atomic E-state index is -0.628. The van der Waals surface area contributed by atoms with Crippen molar-refractivity contribution in [3.8, 4) is 0 Å². The van der Waals surface area contributed by atoms with Crippen molar-refractivity contribution in [3.63, 3.8) is 0 Å². The second-order valence-electron chi connectivity index (χ2n) is 4.13. The normalized spacial score (nSPS) is 17.8. The minimum absolute atomic E-state index is 0.224. The van der Waals surface area contributed by atoms with Crippen LogP contribution in [0.1, 0.15) is 12.0 Å². The fourth-order valence-electron chi connectivity index (χ4n) is 1.72. The molecule has 5 nitrogen and oxygen atoms in total. The maximum atomic E-state index is 12.8. The number of rotatable bonds is 5. The number of carbonyl (C=O) groups is 1. The van der Waals surface area contributed by atoms with Crippen molar-refractivity contribution >= 4 is 11.6 Å². The molecule has 19 heavy (non-hydrogen) atoms. The summed E-state index contributed by atoms with van der Waals surface area (Å²) in [6, 6.07) is 5.93. The molecule has 0 saturated heterocycles. The van der Waals surface area contributed by atoms with Gasteiger partial charge in [-0.2, -0.15) is 0 Å². The molecule has 0 saturated carbocycles. The lowest BCUT2D eigenvalue weighted by Gasteiger charge is -2.08. The molecule has 102 valence electrons. The largest absolute Gasteiger partial charge is 0.383 e. The lowest BCUT2D eigenvalue weighted by Crippen LogP contribution is -2.36. The Bertz CT molecular complexity index is 473. The molecule has 0 spiro atoms. The number of benzene rings is 1.